The minimum Gasteiger partial charge on any atom is -0.376 e. The molecule has 2 fully saturated rings. The highest BCUT2D eigenvalue weighted by molar-refractivity contribution is 5.83. The Morgan fingerprint density at radius 3 is 2.79 bits per heavy atom. The summed E-state index contributed by atoms with van der Waals surface area (Å²) < 4.78 is 5.90. The molecule has 4 nitrogen and oxygen atoms in total. The Hall–Kier alpha value is -0.610. The molecule has 2 aliphatic rings. The van der Waals surface area contributed by atoms with Gasteiger partial charge in [0.2, 0.25) is 5.91 Å². The molecule has 0 radical (unpaired) electrons. The number of rotatable bonds is 7. The molecule has 19 heavy (non-hydrogen) atoms. The molecule has 4 heteroatoms. The Balaban J connectivity index is 1.62. The summed E-state index contributed by atoms with van der Waals surface area (Å²) in [6.07, 6.45) is 8.84. The van der Waals surface area contributed by atoms with Gasteiger partial charge < -0.3 is 15.0 Å². The number of nitrogens with one attached hydrogen (secondary N) is 1. The summed E-state index contributed by atoms with van der Waals surface area (Å²) in [5.41, 5.74) is 0. The highest BCUT2D eigenvalue weighted by Crippen LogP contribution is 2.20. The van der Waals surface area contributed by atoms with Crippen LogP contribution >= 0.6 is 0 Å². The van der Waals surface area contributed by atoms with E-state index in [0.717, 1.165) is 32.5 Å². The summed E-state index contributed by atoms with van der Waals surface area (Å²) >= 11 is 0. The molecule has 0 aromatic carbocycles. The van der Waals surface area contributed by atoms with Crippen LogP contribution in [0.25, 0.3) is 0 Å². The molecule has 1 saturated carbocycles. The van der Waals surface area contributed by atoms with Crippen molar-refractivity contribution in [3.63, 3.8) is 0 Å². The molecule has 1 aliphatic heterocycles. The van der Waals surface area contributed by atoms with E-state index in [1.54, 1.807) is 0 Å². The monoisotopic (exact) mass is 268 g/mol. The van der Waals surface area contributed by atoms with Gasteiger partial charge in [0, 0.05) is 13.1 Å². The smallest absolute Gasteiger partial charge is 0.239 e. The molecule has 110 valence electrons. The fourth-order valence-corrected chi connectivity index (χ4v) is 3.03. The Morgan fingerprint density at radius 1 is 1.26 bits per heavy atom. The van der Waals surface area contributed by atoms with Gasteiger partial charge in [0.25, 0.3) is 0 Å². The van der Waals surface area contributed by atoms with Gasteiger partial charge in [0.05, 0.1) is 18.8 Å². The summed E-state index contributed by atoms with van der Waals surface area (Å²) in [4.78, 5) is 14.1. The van der Waals surface area contributed by atoms with Crippen molar-refractivity contribution >= 4 is 5.91 Å². The molecule has 0 aromatic rings. The lowest BCUT2D eigenvalue weighted by atomic mass is 9.98. The molecule has 1 atom stereocenters. The van der Waals surface area contributed by atoms with E-state index in [0.29, 0.717) is 12.7 Å². The minimum atomic E-state index is 0.0506. The van der Waals surface area contributed by atoms with Crippen LogP contribution < -0.4 is 5.32 Å². The average molecular weight is 268 g/mol. The van der Waals surface area contributed by atoms with Crippen LogP contribution in [0.2, 0.25) is 0 Å². The lowest BCUT2D eigenvalue weighted by Crippen LogP contribution is -2.39. The van der Waals surface area contributed by atoms with Gasteiger partial charge in [-0.1, -0.05) is 26.2 Å². The van der Waals surface area contributed by atoms with E-state index in [4.69, 9.17) is 4.74 Å². The van der Waals surface area contributed by atoms with Gasteiger partial charge in [-0.15, -0.1) is 0 Å². The van der Waals surface area contributed by atoms with Crippen molar-refractivity contribution in [2.24, 2.45) is 0 Å². The number of carbonyl (C=O) groups excluding carboxylic acids is 1. The quantitative estimate of drug-likeness (QED) is 0.767. The highest BCUT2D eigenvalue weighted by Gasteiger charge is 2.30. The maximum absolute atomic E-state index is 12.1. The predicted octanol–water partition coefficient (Wildman–Crippen LogP) is 1.94. The van der Waals surface area contributed by atoms with E-state index < -0.39 is 0 Å². The summed E-state index contributed by atoms with van der Waals surface area (Å²) in [5.74, 6) is 0.265. The topological polar surface area (TPSA) is 41.6 Å². The standard InChI is InChI=1S/C15H28N2O2/c1-2-9-16-14-8-10-17(15(14)18)11-12-19-13-6-4-3-5-7-13/h13-14,16H,2-12H2,1H3. The number of hydrogen-bond donors (Lipinski definition) is 1. The fraction of sp³-hybridized carbons (Fsp3) is 0.933. The van der Waals surface area contributed by atoms with Crippen LogP contribution in [0.1, 0.15) is 51.9 Å². The van der Waals surface area contributed by atoms with Crippen LogP contribution in [0.15, 0.2) is 0 Å². The van der Waals surface area contributed by atoms with E-state index in [1.165, 1.54) is 32.1 Å². The molecule has 1 N–H and O–H groups in total. The zero-order valence-corrected chi connectivity index (χ0v) is 12.2. The van der Waals surface area contributed by atoms with Gasteiger partial charge in [-0.3, -0.25) is 4.79 Å². The third-order valence-electron chi connectivity index (χ3n) is 4.21. The molecular weight excluding hydrogens is 240 g/mol. The number of hydrogen-bond acceptors (Lipinski definition) is 3. The lowest BCUT2D eigenvalue weighted by molar-refractivity contribution is -0.130. The number of amides is 1. The molecule has 0 bridgehead atoms. The van der Waals surface area contributed by atoms with Gasteiger partial charge in [-0.25, -0.2) is 0 Å². The Labute approximate surface area is 116 Å². The van der Waals surface area contributed by atoms with E-state index in [-0.39, 0.29) is 11.9 Å². The van der Waals surface area contributed by atoms with Gasteiger partial charge >= 0.3 is 0 Å². The molecule has 1 amide bonds. The van der Waals surface area contributed by atoms with Crippen molar-refractivity contribution in [1.29, 1.82) is 0 Å². The molecule has 0 aromatic heterocycles. The summed E-state index contributed by atoms with van der Waals surface area (Å²) in [6, 6.07) is 0.0506. The highest BCUT2D eigenvalue weighted by atomic mass is 16.5. The third kappa shape index (κ3) is 4.46. The van der Waals surface area contributed by atoms with Crippen LogP contribution in [0.5, 0.6) is 0 Å². The van der Waals surface area contributed by atoms with Gasteiger partial charge in [-0.2, -0.15) is 0 Å². The van der Waals surface area contributed by atoms with Crippen LogP contribution in [0.4, 0.5) is 0 Å². The van der Waals surface area contributed by atoms with E-state index in [2.05, 4.69) is 12.2 Å². The normalized spacial score (nSPS) is 25.2. The number of carbonyl (C=O) groups is 1. The minimum absolute atomic E-state index is 0.0506. The molecule has 1 saturated heterocycles. The van der Waals surface area contributed by atoms with Crippen LogP contribution in [-0.4, -0.2) is 49.2 Å². The zero-order valence-electron chi connectivity index (χ0n) is 12.2. The molecular formula is C15H28N2O2. The van der Waals surface area contributed by atoms with Crippen molar-refractivity contribution in [1.82, 2.24) is 10.2 Å². The Morgan fingerprint density at radius 2 is 2.05 bits per heavy atom. The summed E-state index contributed by atoms with van der Waals surface area (Å²) in [6.45, 7) is 5.41. The van der Waals surface area contributed by atoms with Crippen molar-refractivity contribution < 1.29 is 9.53 Å². The second-order valence-corrected chi connectivity index (χ2v) is 5.75. The van der Waals surface area contributed by atoms with E-state index in [1.807, 2.05) is 4.90 Å². The lowest BCUT2D eigenvalue weighted by Gasteiger charge is -2.24. The van der Waals surface area contributed by atoms with Crippen molar-refractivity contribution in [3.8, 4) is 0 Å². The first-order valence-electron chi connectivity index (χ1n) is 7.95. The van der Waals surface area contributed by atoms with Gasteiger partial charge in [0.1, 0.15) is 0 Å². The molecule has 2 rings (SSSR count). The molecule has 1 aliphatic carbocycles. The summed E-state index contributed by atoms with van der Waals surface area (Å²) in [5, 5.41) is 3.32. The SMILES string of the molecule is CCCNC1CCN(CCOC2CCCCC2)C1=O. The van der Waals surface area contributed by atoms with Gasteiger partial charge in [0.15, 0.2) is 0 Å². The number of likely N-dealkylation sites (tertiary alicyclic amines) is 1. The number of ether oxygens (including phenoxy) is 1. The van der Waals surface area contributed by atoms with Gasteiger partial charge in [-0.05, 0) is 32.2 Å². The van der Waals surface area contributed by atoms with E-state index >= 15 is 0 Å². The second-order valence-electron chi connectivity index (χ2n) is 5.75. The van der Waals surface area contributed by atoms with Crippen molar-refractivity contribution in [2.75, 3.05) is 26.2 Å². The fourth-order valence-electron chi connectivity index (χ4n) is 3.03. The first-order valence-corrected chi connectivity index (χ1v) is 7.95. The molecule has 0 spiro atoms. The zero-order chi connectivity index (χ0) is 13.5. The van der Waals surface area contributed by atoms with E-state index in [9.17, 15) is 4.79 Å². The Bertz CT molecular complexity index is 277. The third-order valence-corrected chi connectivity index (χ3v) is 4.21. The van der Waals surface area contributed by atoms with Crippen LogP contribution in [0.3, 0.4) is 0 Å². The first-order chi connectivity index (χ1) is 9.31. The first kappa shape index (κ1) is 14.8. The Kier molecular flexibility index (Phi) is 6.11. The summed E-state index contributed by atoms with van der Waals surface area (Å²) in [7, 11) is 0. The van der Waals surface area contributed by atoms with Crippen LogP contribution in [0, 0.1) is 0 Å². The average Bonchev–Trinajstić information content (AvgIpc) is 2.79. The molecule has 1 unspecified atom stereocenters. The second kappa shape index (κ2) is 7.85. The number of nitrogens with zero attached hydrogens (tertiary/aromatic N) is 1. The largest absolute Gasteiger partial charge is 0.376 e. The maximum atomic E-state index is 12.1. The molecule has 1 heterocycles. The van der Waals surface area contributed by atoms with Crippen LogP contribution in [-0.2, 0) is 9.53 Å². The van der Waals surface area contributed by atoms with Crippen molar-refractivity contribution in [3.05, 3.63) is 0 Å². The van der Waals surface area contributed by atoms with Crippen molar-refractivity contribution in [2.45, 2.75) is 64.0 Å². The maximum Gasteiger partial charge on any atom is 0.239 e. The predicted molar refractivity (Wildman–Crippen MR) is 76.1 cm³/mol.